The molecule has 1 aromatic heterocycles. The molecule has 0 atom stereocenters. The van der Waals surface area contributed by atoms with Gasteiger partial charge in [0, 0.05) is 48.6 Å². The minimum Gasteiger partial charge on any atom is -0.369 e. The topological polar surface area (TPSA) is 48.5 Å². The second kappa shape index (κ2) is 8.31. The molecular weight excluding hydrogens is 392 g/mol. The van der Waals surface area contributed by atoms with Gasteiger partial charge in [-0.1, -0.05) is 41.1 Å². The molecule has 1 amide bonds. The number of likely N-dealkylation sites (N-methyl/N-ethyl adjacent to an activating group) is 1. The number of carbonyl (C=O) groups excluding carboxylic acids is 1. The molecule has 1 aliphatic heterocycles. The molecule has 144 valence electrons. The van der Waals surface area contributed by atoms with Crippen LogP contribution in [0.2, 0.25) is 5.02 Å². The number of amides is 1. The number of nitrogens with zero attached hydrogens (tertiary/aromatic N) is 3. The highest BCUT2D eigenvalue weighted by molar-refractivity contribution is 7.19. The number of anilines is 2. The second-order valence-corrected chi connectivity index (χ2v) is 8.30. The lowest BCUT2D eigenvalue weighted by Gasteiger charge is -2.34. The maximum atomic E-state index is 12.7. The molecular formula is C21H21ClN4OS. The molecule has 2 aromatic carbocycles. The van der Waals surface area contributed by atoms with Gasteiger partial charge >= 0.3 is 0 Å². The van der Waals surface area contributed by atoms with Crippen molar-refractivity contribution in [1.29, 1.82) is 0 Å². The van der Waals surface area contributed by atoms with Gasteiger partial charge in [0.15, 0.2) is 5.13 Å². The van der Waals surface area contributed by atoms with Gasteiger partial charge < -0.3 is 9.80 Å². The van der Waals surface area contributed by atoms with E-state index in [0.717, 1.165) is 42.3 Å². The first-order valence-electron chi connectivity index (χ1n) is 9.15. The molecule has 28 heavy (non-hydrogen) atoms. The lowest BCUT2D eigenvalue weighted by molar-refractivity contribution is 0.102. The Hall–Kier alpha value is -2.41. The fraction of sp³-hybridized carbons (Fsp3) is 0.238. The van der Waals surface area contributed by atoms with E-state index >= 15 is 0 Å². The highest BCUT2D eigenvalue weighted by Crippen LogP contribution is 2.30. The van der Waals surface area contributed by atoms with Crippen LogP contribution in [-0.2, 0) is 0 Å². The number of thiazole rings is 1. The second-order valence-electron chi connectivity index (χ2n) is 6.83. The van der Waals surface area contributed by atoms with Gasteiger partial charge in [0.25, 0.3) is 5.91 Å². The van der Waals surface area contributed by atoms with Crippen molar-refractivity contribution in [2.24, 2.45) is 0 Å². The molecule has 0 aliphatic carbocycles. The molecule has 0 unspecified atom stereocenters. The van der Waals surface area contributed by atoms with E-state index in [4.69, 9.17) is 11.6 Å². The maximum absolute atomic E-state index is 12.7. The van der Waals surface area contributed by atoms with Gasteiger partial charge in [0.2, 0.25) is 0 Å². The van der Waals surface area contributed by atoms with Crippen molar-refractivity contribution in [2.45, 2.75) is 0 Å². The summed E-state index contributed by atoms with van der Waals surface area (Å²) in [5.41, 5.74) is 2.75. The van der Waals surface area contributed by atoms with Crippen LogP contribution in [0, 0.1) is 0 Å². The third-order valence-electron chi connectivity index (χ3n) is 4.83. The van der Waals surface area contributed by atoms with Crippen LogP contribution in [0.15, 0.2) is 54.7 Å². The summed E-state index contributed by atoms with van der Waals surface area (Å²) in [5, 5.41) is 4.19. The average molecular weight is 413 g/mol. The van der Waals surface area contributed by atoms with Crippen molar-refractivity contribution in [2.75, 3.05) is 43.4 Å². The summed E-state index contributed by atoms with van der Waals surface area (Å²) >= 11 is 7.39. The van der Waals surface area contributed by atoms with E-state index in [0.29, 0.717) is 15.7 Å². The summed E-state index contributed by atoms with van der Waals surface area (Å²) in [6, 6.07) is 15.4. The van der Waals surface area contributed by atoms with E-state index in [2.05, 4.69) is 33.2 Å². The van der Waals surface area contributed by atoms with Gasteiger partial charge in [0.1, 0.15) is 0 Å². The lowest BCUT2D eigenvalue weighted by Crippen LogP contribution is -2.44. The SMILES string of the molecule is CN1CCN(c2cccc(C(=O)Nc3ncc(-c4ccc(Cl)cc4)s3)c2)CC1. The van der Waals surface area contributed by atoms with Gasteiger partial charge in [-0.2, -0.15) is 0 Å². The minimum absolute atomic E-state index is 0.145. The summed E-state index contributed by atoms with van der Waals surface area (Å²) < 4.78 is 0. The van der Waals surface area contributed by atoms with Crippen LogP contribution in [0.25, 0.3) is 10.4 Å². The number of rotatable bonds is 4. The summed E-state index contributed by atoms with van der Waals surface area (Å²) in [6.45, 7) is 4.00. The van der Waals surface area contributed by atoms with Gasteiger partial charge in [-0.05, 0) is 42.9 Å². The number of carbonyl (C=O) groups is 1. The Morgan fingerprint density at radius 3 is 2.61 bits per heavy atom. The van der Waals surface area contributed by atoms with Crippen molar-refractivity contribution in [3.8, 4) is 10.4 Å². The first kappa shape index (κ1) is 18.9. The average Bonchev–Trinajstić information content (AvgIpc) is 3.17. The van der Waals surface area contributed by atoms with Crippen LogP contribution in [0.5, 0.6) is 0 Å². The fourth-order valence-corrected chi connectivity index (χ4v) is 4.10. The largest absolute Gasteiger partial charge is 0.369 e. The minimum atomic E-state index is -0.145. The number of benzene rings is 2. The zero-order valence-electron chi connectivity index (χ0n) is 15.6. The first-order valence-corrected chi connectivity index (χ1v) is 10.3. The van der Waals surface area contributed by atoms with Crippen LogP contribution >= 0.6 is 22.9 Å². The van der Waals surface area contributed by atoms with E-state index in [1.54, 1.807) is 6.20 Å². The van der Waals surface area contributed by atoms with Crippen molar-refractivity contribution >= 4 is 39.7 Å². The quantitative estimate of drug-likeness (QED) is 0.686. The van der Waals surface area contributed by atoms with Crippen LogP contribution in [0.1, 0.15) is 10.4 Å². The zero-order valence-corrected chi connectivity index (χ0v) is 17.1. The third-order valence-corrected chi connectivity index (χ3v) is 6.05. The smallest absolute Gasteiger partial charge is 0.257 e. The molecule has 3 aromatic rings. The molecule has 5 nitrogen and oxygen atoms in total. The number of piperazine rings is 1. The maximum Gasteiger partial charge on any atom is 0.257 e. The van der Waals surface area contributed by atoms with Crippen molar-refractivity contribution in [3.05, 3.63) is 65.3 Å². The summed E-state index contributed by atoms with van der Waals surface area (Å²) in [7, 11) is 2.13. The molecule has 0 saturated carbocycles. The molecule has 7 heteroatoms. The predicted octanol–water partition coefficient (Wildman–Crippen LogP) is 4.47. The number of halogens is 1. The van der Waals surface area contributed by atoms with Crippen molar-refractivity contribution < 1.29 is 4.79 Å². The Labute approximate surface area is 173 Å². The molecule has 0 bridgehead atoms. The molecule has 0 spiro atoms. The van der Waals surface area contributed by atoms with Crippen LogP contribution < -0.4 is 10.2 Å². The van der Waals surface area contributed by atoms with E-state index in [1.807, 2.05) is 42.5 Å². The van der Waals surface area contributed by atoms with E-state index < -0.39 is 0 Å². The van der Waals surface area contributed by atoms with Crippen LogP contribution in [0.3, 0.4) is 0 Å². The van der Waals surface area contributed by atoms with Gasteiger partial charge in [-0.3, -0.25) is 10.1 Å². The Balaban J connectivity index is 1.45. The lowest BCUT2D eigenvalue weighted by atomic mass is 10.1. The normalized spacial score (nSPS) is 14.9. The third kappa shape index (κ3) is 4.35. The number of hydrogen-bond donors (Lipinski definition) is 1. The fourth-order valence-electron chi connectivity index (χ4n) is 3.16. The predicted molar refractivity (Wildman–Crippen MR) is 117 cm³/mol. The Bertz CT molecular complexity index is 965. The molecule has 4 rings (SSSR count). The number of hydrogen-bond acceptors (Lipinski definition) is 5. The number of aromatic nitrogens is 1. The van der Waals surface area contributed by atoms with Crippen LogP contribution in [-0.4, -0.2) is 49.0 Å². The van der Waals surface area contributed by atoms with Gasteiger partial charge in [-0.25, -0.2) is 4.98 Å². The van der Waals surface area contributed by atoms with Gasteiger partial charge in [-0.15, -0.1) is 0 Å². The standard InChI is InChI=1S/C21H21ClN4OS/c1-25-9-11-26(12-10-25)18-4-2-3-16(13-18)20(27)24-21-23-14-19(28-21)15-5-7-17(22)8-6-15/h2-8,13-14H,9-12H2,1H3,(H,23,24,27). The summed E-state index contributed by atoms with van der Waals surface area (Å²) in [6.07, 6.45) is 1.77. The highest BCUT2D eigenvalue weighted by atomic mass is 35.5. The highest BCUT2D eigenvalue weighted by Gasteiger charge is 2.16. The molecule has 2 heterocycles. The van der Waals surface area contributed by atoms with E-state index in [1.165, 1.54) is 11.3 Å². The Kier molecular flexibility index (Phi) is 5.62. The molecule has 1 saturated heterocycles. The van der Waals surface area contributed by atoms with E-state index in [9.17, 15) is 4.79 Å². The van der Waals surface area contributed by atoms with Gasteiger partial charge in [0.05, 0.1) is 4.88 Å². The first-order chi connectivity index (χ1) is 13.6. The number of nitrogens with one attached hydrogen (secondary N) is 1. The van der Waals surface area contributed by atoms with Crippen molar-refractivity contribution in [1.82, 2.24) is 9.88 Å². The molecule has 1 N–H and O–H groups in total. The molecule has 0 radical (unpaired) electrons. The Morgan fingerprint density at radius 1 is 1.11 bits per heavy atom. The monoisotopic (exact) mass is 412 g/mol. The summed E-state index contributed by atoms with van der Waals surface area (Å²) in [4.78, 5) is 22.7. The molecule has 1 aliphatic rings. The Morgan fingerprint density at radius 2 is 1.86 bits per heavy atom. The summed E-state index contributed by atoms with van der Waals surface area (Å²) in [5.74, 6) is -0.145. The zero-order chi connectivity index (χ0) is 19.5. The van der Waals surface area contributed by atoms with Crippen molar-refractivity contribution in [3.63, 3.8) is 0 Å². The molecule has 1 fully saturated rings. The van der Waals surface area contributed by atoms with E-state index in [-0.39, 0.29) is 5.91 Å². The van der Waals surface area contributed by atoms with Crippen LogP contribution in [0.4, 0.5) is 10.8 Å².